The minimum atomic E-state index is -3.70. The molecule has 0 aliphatic carbocycles. The first-order valence-electron chi connectivity index (χ1n) is 9.31. The fourth-order valence-corrected chi connectivity index (χ4v) is 3.49. The largest absolute Gasteiger partial charge is 0.493 e. The van der Waals surface area contributed by atoms with Crippen LogP contribution in [0, 0.1) is 0 Å². The van der Waals surface area contributed by atoms with Crippen molar-refractivity contribution in [2.75, 3.05) is 20.5 Å². The Labute approximate surface area is 179 Å². The van der Waals surface area contributed by atoms with Crippen molar-refractivity contribution in [3.8, 4) is 22.8 Å². The van der Waals surface area contributed by atoms with Crippen LogP contribution in [0.15, 0.2) is 52.5 Å². The van der Waals surface area contributed by atoms with Crippen molar-refractivity contribution < 1.29 is 23.0 Å². The molecular formula is C21H23N3O6S. The van der Waals surface area contributed by atoms with E-state index in [1.807, 2.05) is 6.07 Å². The Morgan fingerprint density at radius 1 is 1.06 bits per heavy atom. The maximum atomic E-state index is 12.4. The van der Waals surface area contributed by atoms with Crippen molar-refractivity contribution in [1.29, 1.82) is 0 Å². The van der Waals surface area contributed by atoms with Crippen LogP contribution in [0.5, 0.6) is 11.5 Å². The van der Waals surface area contributed by atoms with E-state index in [2.05, 4.69) is 9.97 Å². The first kappa shape index (κ1) is 22.4. The molecule has 1 atom stereocenters. The fraction of sp³-hybridized carbons (Fsp3) is 0.286. The number of aliphatic hydroxyl groups is 1. The molecule has 0 saturated carbocycles. The second-order valence-corrected chi connectivity index (χ2v) is 8.89. The van der Waals surface area contributed by atoms with Gasteiger partial charge in [-0.2, -0.15) is 0 Å². The van der Waals surface area contributed by atoms with E-state index in [9.17, 15) is 18.3 Å². The van der Waals surface area contributed by atoms with Crippen LogP contribution in [0.2, 0.25) is 0 Å². The third kappa shape index (κ3) is 5.09. The number of hydrogen-bond acceptors (Lipinski definition) is 8. The quantitative estimate of drug-likeness (QED) is 0.547. The van der Waals surface area contributed by atoms with E-state index in [4.69, 9.17) is 9.47 Å². The van der Waals surface area contributed by atoms with Gasteiger partial charge < -0.3 is 19.1 Å². The zero-order valence-electron chi connectivity index (χ0n) is 17.6. The van der Waals surface area contributed by atoms with Crippen molar-refractivity contribution in [2.45, 2.75) is 24.7 Å². The summed E-state index contributed by atoms with van der Waals surface area (Å²) in [6.07, 6.45) is 1.59. The molecule has 31 heavy (non-hydrogen) atoms. The number of ether oxygens (including phenoxy) is 2. The fourth-order valence-electron chi connectivity index (χ4n) is 2.95. The van der Waals surface area contributed by atoms with Crippen LogP contribution in [-0.4, -0.2) is 48.5 Å². The predicted molar refractivity (Wildman–Crippen MR) is 114 cm³/mol. The molecule has 10 heteroatoms. The van der Waals surface area contributed by atoms with Crippen LogP contribution in [0.3, 0.4) is 0 Å². The Balaban J connectivity index is 2.06. The molecule has 3 rings (SSSR count). The minimum Gasteiger partial charge on any atom is -0.493 e. The standard InChI is InChI=1S/C21H23N3O6S/c1-13(25)16-10-17(23-21(22-16)31(4,27)28)15-6-8-20(26)24(12-15)11-14-5-7-18(29-2)19(9-14)30-3/h5-10,12-13,25H,11H2,1-4H3. The summed E-state index contributed by atoms with van der Waals surface area (Å²) in [5.74, 6) is 1.12. The Morgan fingerprint density at radius 3 is 2.39 bits per heavy atom. The van der Waals surface area contributed by atoms with Gasteiger partial charge in [0.25, 0.3) is 5.56 Å². The SMILES string of the molecule is COc1ccc(Cn2cc(-c3cc(C(C)O)nc(S(C)(=O)=O)n3)ccc2=O)cc1OC. The highest BCUT2D eigenvalue weighted by molar-refractivity contribution is 7.90. The summed E-state index contributed by atoms with van der Waals surface area (Å²) in [7, 11) is -0.627. The number of rotatable bonds is 7. The van der Waals surface area contributed by atoms with Crippen molar-refractivity contribution in [2.24, 2.45) is 0 Å². The smallest absolute Gasteiger partial charge is 0.250 e. The average molecular weight is 445 g/mol. The van der Waals surface area contributed by atoms with E-state index in [0.717, 1.165) is 11.8 Å². The molecule has 0 spiro atoms. The summed E-state index contributed by atoms with van der Waals surface area (Å²) in [6, 6.07) is 9.77. The van der Waals surface area contributed by atoms with Crippen molar-refractivity contribution in [3.05, 3.63) is 64.2 Å². The van der Waals surface area contributed by atoms with Crippen molar-refractivity contribution in [3.63, 3.8) is 0 Å². The number of nitrogens with zero attached hydrogens (tertiary/aromatic N) is 3. The molecule has 1 aromatic carbocycles. The highest BCUT2D eigenvalue weighted by Crippen LogP contribution is 2.28. The van der Waals surface area contributed by atoms with Gasteiger partial charge >= 0.3 is 0 Å². The lowest BCUT2D eigenvalue weighted by atomic mass is 10.1. The zero-order chi connectivity index (χ0) is 22.8. The summed E-state index contributed by atoms with van der Waals surface area (Å²) in [4.78, 5) is 20.5. The molecule has 1 N–H and O–H groups in total. The number of sulfone groups is 1. The third-order valence-corrected chi connectivity index (χ3v) is 5.41. The number of benzene rings is 1. The van der Waals surface area contributed by atoms with E-state index < -0.39 is 21.1 Å². The maximum Gasteiger partial charge on any atom is 0.250 e. The van der Waals surface area contributed by atoms with Gasteiger partial charge in [0, 0.05) is 24.1 Å². The lowest BCUT2D eigenvalue weighted by Gasteiger charge is -2.13. The lowest BCUT2D eigenvalue weighted by Crippen LogP contribution is -2.19. The van der Waals surface area contributed by atoms with E-state index in [1.165, 1.54) is 30.7 Å². The summed E-state index contributed by atoms with van der Waals surface area (Å²) < 4.78 is 36.0. The first-order chi connectivity index (χ1) is 14.6. The maximum absolute atomic E-state index is 12.4. The molecule has 0 aliphatic rings. The van der Waals surface area contributed by atoms with Gasteiger partial charge in [0.15, 0.2) is 11.5 Å². The monoisotopic (exact) mass is 445 g/mol. The summed E-state index contributed by atoms with van der Waals surface area (Å²) in [6.45, 7) is 1.73. The molecular weight excluding hydrogens is 422 g/mol. The highest BCUT2D eigenvalue weighted by atomic mass is 32.2. The molecule has 9 nitrogen and oxygen atoms in total. The van der Waals surface area contributed by atoms with E-state index >= 15 is 0 Å². The summed E-state index contributed by atoms with van der Waals surface area (Å²) in [5.41, 5.74) is 1.53. The van der Waals surface area contributed by atoms with Crippen LogP contribution >= 0.6 is 0 Å². The van der Waals surface area contributed by atoms with Gasteiger partial charge in [-0.3, -0.25) is 4.79 Å². The van der Waals surface area contributed by atoms with Gasteiger partial charge in [0.1, 0.15) is 0 Å². The van der Waals surface area contributed by atoms with Crippen LogP contribution < -0.4 is 15.0 Å². The Hall–Kier alpha value is -3.24. The molecule has 2 heterocycles. The van der Waals surface area contributed by atoms with Crippen LogP contribution in [0.4, 0.5) is 0 Å². The molecule has 2 aromatic heterocycles. The topological polar surface area (TPSA) is 121 Å². The first-order valence-corrected chi connectivity index (χ1v) is 11.2. The molecule has 3 aromatic rings. The Kier molecular flexibility index (Phi) is 6.42. The molecule has 0 radical (unpaired) electrons. The highest BCUT2D eigenvalue weighted by Gasteiger charge is 2.17. The Morgan fingerprint density at radius 2 is 1.77 bits per heavy atom. The zero-order valence-corrected chi connectivity index (χ0v) is 18.4. The van der Waals surface area contributed by atoms with Gasteiger partial charge in [-0.25, -0.2) is 18.4 Å². The van der Waals surface area contributed by atoms with Gasteiger partial charge in [-0.1, -0.05) is 6.07 Å². The van der Waals surface area contributed by atoms with Gasteiger partial charge in [0.2, 0.25) is 15.0 Å². The van der Waals surface area contributed by atoms with E-state index in [-0.39, 0.29) is 23.5 Å². The molecule has 0 amide bonds. The number of pyridine rings is 1. The molecule has 0 aliphatic heterocycles. The second kappa shape index (κ2) is 8.86. The average Bonchev–Trinajstić information content (AvgIpc) is 2.74. The Bertz CT molecular complexity index is 1270. The van der Waals surface area contributed by atoms with Gasteiger partial charge in [-0.05, 0) is 36.8 Å². The van der Waals surface area contributed by atoms with Crippen molar-refractivity contribution >= 4 is 9.84 Å². The molecule has 0 bridgehead atoms. The van der Waals surface area contributed by atoms with E-state index in [0.29, 0.717) is 17.1 Å². The third-order valence-electron chi connectivity index (χ3n) is 4.57. The number of hydrogen-bond donors (Lipinski definition) is 1. The second-order valence-electron chi connectivity index (χ2n) is 6.98. The molecule has 164 valence electrons. The molecule has 1 unspecified atom stereocenters. The van der Waals surface area contributed by atoms with Crippen molar-refractivity contribution in [1.82, 2.24) is 14.5 Å². The lowest BCUT2D eigenvalue weighted by molar-refractivity contribution is 0.193. The number of aliphatic hydroxyl groups excluding tert-OH is 1. The summed E-state index contributed by atoms with van der Waals surface area (Å²) in [5, 5.41) is 9.52. The van der Waals surface area contributed by atoms with E-state index in [1.54, 1.807) is 31.5 Å². The van der Waals surface area contributed by atoms with Crippen LogP contribution in [-0.2, 0) is 16.4 Å². The van der Waals surface area contributed by atoms with Gasteiger partial charge in [0.05, 0.1) is 38.3 Å². The molecule has 0 saturated heterocycles. The molecule has 0 fully saturated rings. The minimum absolute atomic E-state index is 0.170. The van der Waals surface area contributed by atoms with Gasteiger partial charge in [-0.15, -0.1) is 0 Å². The normalized spacial score (nSPS) is 12.4. The number of aromatic nitrogens is 3. The predicted octanol–water partition coefficient (Wildman–Crippen LogP) is 1.83. The summed E-state index contributed by atoms with van der Waals surface area (Å²) >= 11 is 0. The number of methoxy groups -OCH3 is 2. The van der Waals surface area contributed by atoms with Crippen LogP contribution in [0.25, 0.3) is 11.3 Å². The van der Waals surface area contributed by atoms with Crippen LogP contribution in [0.1, 0.15) is 24.3 Å².